The third-order valence-electron chi connectivity index (χ3n) is 18.0. The molecule has 0 aliphatic carbocycles. The minimum Gasteiger partial charge on any atom is -0.325 e. The van der Waals surface area contributed by atoms with Gasteiger partial charge in [0, 0.05) is 208 Å². The Kier molecular flexibility index (Phi) is 31.7. The summed E-state index contributed by atoms with van der Waals surface area (Å²) in [4.78, 5) is 67.6. The van der Waals surface area contributed by atoms with Gasteiger partial charge >= 0.3 is 0 Å². The number of thiophene rings is 6. The number of fused-ring (bicyclic) bond motifs is 6. The summed E-state index contributed by atoms with van der Waals surface area (Å²) >= 11 is 10.5. The van der Waals surface area contributed by atoms with Gasteiger partial charge in [-0.3, -0.25) is 30.0 Å². The number of benzene rings is 6. The molecule has 0 unspecified atom stereocenters. The van der Waals surface area contributed by atoms with Gasteiger partial charge in [0.2, 0.25) is 0 Å². The summed E-state index contributed by atoms with van der Waals surface area (Å²) < 4.78 is 3.32. The van der Waals surface area contributed by atoms with Crippen molar-refractivity contribution in [1.29, 1.82) is 0 Å². The van der Waals surface area contributed by atoms with Crippen molar-refractivity contribution in [2.24, 2.45) is 59.9 Å². The van der Waals surface area contributed by atoms with Gasteiger partial charge in [-0.05, 0) is 112 Å². The van der Waals surface area contributed by atoms with Crippen LogP contribution >= 0.6 is 68.0 Å². The Balaban J connectivity index is 0.000000168. The van der Waals surface area contributed by atoms with E-state index in [1.54, 1.807) is 77.9 Å². The largest absolute Gasteiger partial charge is 0.325 e. The first kappa shape index (κ1) is 86.2. The maximum absolute atomic E-state index is 5.55. The van der Waals surface area contributed by atoms with Gasteiger partial charge < -0.3 is 30.0 Å². The third kappa shape index (κ3) is 18.2. The molecule has 12 nitrogen and oxygen atoms in total. The van der Waals surface area contributed by atoms with Crippen molar-refractivity contribution in [3.05, 3.63) is 258 Å². The van der Waals surface area contributed by atoms with E-state index in [1.165, 1.54) is 29.3 Å². The molecule has 0 bridgehead atoms. The molecular weight excluding hydrogens is 2460 g/mol. The summed E-state index contributed by atoms with van der Waals surface area (Å²) in [6, 6.07) is 58.9. The van der Waals surface area contributed by atoms with Crippen LogP contribution in [-0.4, -0.2) is 106 Å². The van der Waals surface area contributed by atoms with E-state index in [2.05, 4.69) is 159 Å². The molecule has 6 aliphatic heterocycles. The first-order chi connectivity index (χ1) is 50.2. The average molecular weight is 2510 g/mol. The molecule has 18 rings (SSSR count). The molecular formula is C75H51B9N12S6W6-6. The molecule has 6 aromatic carbocycles. The van der Waals surface area contributed by atoms with Crippen LogP contribution in [0, 0.1) is 36.4 Å². The minimum atomic E-state index is 0. The van der Waals surface area contributed by atoms with Crippen LogP contribution in [0.5, 0.6) is 0 Å². The van der Waals surface area contributed by atoms with Crippen molar-refractivity contribution in [2.45, 2.75) is 59.3 Å². The van der Waals surface area contributed by atoms with Crippen LogP contribution in [0.4, 0.5) is 0 Å². The topological polar surface area (TPSA) is 148 Å². The first-order valence-corrected chi connectivity index (χ1v) is 38.4. The van der Waals surface area contributed by atoms with E-state index in [-0.39, 0.29) is 126 Å². The normalized spacial score (nSPS) is 12.6. The van der Waals surface area contributed by atoms with Crippen molar-refractivity contribution >= 4 is 148 Å². The Labute approximate surface area is 745 Å². The van der Waals surface area contributed by atoms with Gasteiger partial charge in [0.15, 0.2) is 0 Å². The predicted octanol–water partition coefficient (Wildman–Crippen LogP) is 4.03. The third-order valence-corrected chi connectivity index (χ3v) is 25.0. The Morgan fingerprint density at radius 1 is 0.287 bits per heavy atom. The second-order valence-electron chi connectivity index (χ2n) is 24.1. The molecule has 33 heteroatoms. The van der Waals surface area contributed by atoms with E-state index in [0.717, 1.165) is 179 Å². The molecule has 0 amide bonds. The number of hydrogen-bond acceptors (Lipinski definition) is 18. The van der Waals surface area contributed by atoms with Crippen molar-refractivity contribution < 1.29 is 126 Å². The van der Waals surface area contributed by atoms with Crippen LogP contribution in [0.25, 0.3) is 62.6 Å². The molecule has 0 spiro atoms. The van der Waals surface area contributed by atoms with Crippen LogP contribution < -0.4 is 78.6 Å². The van der Waals surface area contributed by atoms with E-state index in [1.807, 2.05) is 45.0 Å². The molecule has 516 valence electrons. The van der Waals surface area contributed by atoms with E-state index in [0.29, 0.717) is 59.3 Å². The van der Waals surface area contributed by atoms with E-state index < -0.39 is 0 Å². The van der Waals surface area contributed by atoms with Crippen LogP contribution in [-0.2, 0) is 165 Å². The van der Waals surface area contributed by atoms with Gasteiger partial charge in [0.05, 0.1) is 0 Å². The Hall–Kier alpha value is -4.17. The summed E-state index contributed by atoms with van der Waals surface area (Å²) in [5.74, 6) is 0. The molecule has 0 N–H and O–H groups in total. The molecule has 108 heavy (non-hydrogen) atoms. The second kappa shape index (κ2) is 39.7. The molecule has 12 heterocycles. The summed E-state index contributed by atoms with van der Waals surface area (Å²) in [6.07, 6.45) is 5.14. The number of hydrogen-bond donors (Lipinski definition) is 0. The van der Waals surface area contributed by atoms with Gasteiger partial charge in [-0.2, -0.15) is 93.1 Å². The minimum absolute atomic E-state index is 0. The maximum Gasteiger partial charge on any atom is 0.118 e. The monoisotopic (exact) mass is 2510 g/mol. The van der Waals surface area contributed by atoms with Crippen molar-refractivity contribution in [1.82, 2.24) is 0 Å². The summed E-state index contributed by atoms with van der Waals surface area (Å²) in [5, 5.41) is 11.4. The molecule has 12 aromatic rings. The van der Waals surface area contributed by atoms with Gasteiger partial charge in [-0.15, -0.1) is 80.9 Å². The molecule has 0 saturated carbocycles. The van der Waals surface area contributed by atoms with Crippen LogP contribution in [0.2, 0.25) is 0 Å². The molecule has 0 fully saturated rings. The molecule has 0 saturated heterocycles. The fourth-order valence-corrected chi connectivity index (χ4v) is 18.8. The van der Waals surface area contributed by atoms with Gasteiger partial charge in [-0.25, -0.2) is 11.3 Å². The average Bonchev–Trinajstić information content (AvgIpc) is 1.56. The van der Waals surface area contributed by atoms with Crippen molar-refractivity contribution in [3.63, 3.8) is 0 Å². The SMILES string of the molecule is [B][B][B]c1ccc(-c2[c-]cc(Cc3c[c-]c(-c4ccc(CC)s4)c4c3=NCN=4)c3c2=NCN=3)s1.[B][B][B]c1ccc(-c2c[c-]c(Cc3[c-]cc(-c4ccc(CC)s4)c4c3=NCN=4)c3c2=NCN=3)s1.[B][B][B]c1ccc(-c2c[c-]c(Cc3c[c-]c(-c4ccc(CC)s4)c4c3=NCN=4)c3c2=NCN=3)s1.[W].[W].[W].[W].[W].[W]. The molecule has 12 radical (unpaired) electrons. The van der Waals surface area contributed by atoms with Gasteiger partial charge in [-0.1, -0.05) is 127 Å². The second-order valence-corrected chi connectivity index (χ2v) is 31.0. The quantitative estimate of drug-likeness (QED) is 0.0756. The smallest absolute Gasteiger partial charge is 0.118 e. The van der Waals surface area contributed by atoms with Gasteiger partial charge in [0.1, 0.15) is 61.5 Å². The summed E-state index contributed by atoms with van der Waals surface area (Å²) in [7, 11) is 27.0. The van der Waals surface area contributed by atoms with Crippen LogP contribution in [0.15, 0.2) is 169 Å². The Morgan fingerprint density at radius 2 is 0.556 bits per heavy atom. The Morgan fingerprint density at radius 3 is 0.907 bits per heavy atom. The molecule has 6 aliphatic rings. The number of nitrogens with zero attached hydrogens (tertiary/aromatic N) is 12. The summed E-state index contributed by atoms with van der Waals surface area (Å²) in [5.41, 5.74) is 12.8. The van der Waals surface area contributed by atoms with E-state index in [9.17, 15) is 0 Å². The Bertz CT molecular complexity index is 5590. The fraction of sp³-hybridized carbons (Fsp3) is 0.200. The van der Waals surface area contributed by atoms with Gasteiger partial charge in [0.25, 0.3) is 0 Å². The van der Waals surface area contributed by atoms with Crippen LogP contribution in [0.1, 0.15) is 68.8 Å². The number of rotatable bonds is 21. The molecule has 0 atom stereocenters. The zero-order valence-corrected chi connectivity index (χ0v) is 80.8. The van der Waals surface area contributed by atoms with Crippen LogP contribution in [0.3, 0.4) is 0 Å². The predicted molar refractivity (Wildman–Crippen MR) is 422 cm³/mol. The fourth-order valence-electron chi connectivity index (χ4n) is 13.1. The van der Waals surface area contributed by atoms with Crippen molar-refractivity contribution in [3.8, 4) is 62.6 Å². The zero-order chi connectivity index (χ0) is 69.2. The first-order valence-electron chi connectivity index (χ1n) is 33.5. The number of aryl methyl sites for hydroxylation is 3. The molecule has 6 aromatic heterocycles. The zero-order valence-electron chi connectivity index (χ0n) is 58.3. The van der Waals surface area contributed by atoms with E-state index in [4.69, 9.17) is 78.1 Å². The summed E-state index contributed by atoms with van der Waals surface area (Å²) in [6.45, 7) is 9.31. The van der Waals surface area contributed by atoms with E-state index >= 15 is 0 Å². The maximum atomic E-state index is 5.55. The van der Waals surface area contributed by atoms with Crippen molar-refractivity contribution in [2.75, 3.05) is 40.0 Å². The standard InChI is InChI=1S/3C25H17B3N4S2.6W/c3*1-2-16-5-8-19(33-16)17-6-3-14(22-24(17)31-12-29-22)11-15-4-7-18(25-23(15)30-13-32-25)20-9-10-21(34-20)27-28-26;;;;;;/h5-10H,2,11-13H2,1H3;3,5,7-10H,2,11-13H2,1H3;3-5,8-10H,2,11-13H2,1H3;;;;;;/q3*-2;;;;;;.